The number of hydrogen-bond donors (Lipinski definition) is 2. The molecule has 4 aromatic carbocycles. The quantitative estimate of drug-likeness (QED) is 0.269. The standard InChI is InChI=1S/C22H11B2F2N4O4S2/c25-17-13-14(20(28-35)19(27)15(17)23-32-10-6-2-1-5-9(10)31)18(26)16(22-21(13)29-36-30-22)24-33-11-7-3-4-8-12(11)34-24/h1-8,31H,27H2. The van der Waals surface area contributed by atoms with Crippen LogP contribution in [0.4, 0.5) is 20.2 Å². The van der Waals surface area contributed by atoms with Crippen molar-refractivity contribution in [2.75, 3.05) is 5.73 Å². The van der Waals surface area contributed by atoms with Crippen LogP contribution in [0.5, 0.6) is 23.0 Å². The molecule has 0 unspecified atom stereocenters. The number of nitrogen functional groups attached to an aromatic ring is 1. The summed E-state index contributed by atoms with van der Waals surface area (Å²) in [6.07, 6.45) is 0. The van der Waals surface area contributed by atoms with Crippen molar-refractivity contribution < 1.29 is 27.9 Å². The number of fused-ring (bicyclic) bond motifs is 4. The van der Waals surface area contributed by atoms with Gasteiger partial charge >= 0.3 is 14.6 Å². The second-order valence-electron chi connectivity index (χ2n) is 7.74. The van der Waals surface area contributed by atoms with Gasteiger partial charge in [-0.25, -0.2) is 8.78 Å². The number of aromatic nitrogens is 2. The van der Waals surface area contributed by atoms with E-state index in [0.29, 0.717) is 11.5 Å². The average Bonchev–Trinajstić information content (AvgIpc) is 3.52. The van der Waals surface area contributed by atoms with Crippen LogP contribution in [0.15, 0.2) is 52.9 Å². The van der Waals surface area contributed by atoms with E-state index in [4.69, 9.17) is 32.1 Å². The maximum absolute atomic E-state index is 16.2. The highest BCUT2D eigenvalue weighted by Gasteiger charge is 2.41. The predicted octanol–water partition coefficient (Wildman–Crippen LogP) is 3.26. The summed E-state index contributed by atoms with van der Waals surface area (Å²) in [4.78, 5) is 0. The van der Waals surface area contributed by atoms with Crippen molar-refractivity contribution >= 4 is 82.9 Å². The summed E-state index contributed by atoms with van der Waals surface area (Å²) >= 11 is 5.67. The topological polar surface area (TPSA) is 112 Å². The molecule has 14 heteroatoms. The van der Waals surface area contributed by atoms with Crippen LogP contribution in [0.3, 0.4) is 0 Å². The molecule has 1 aromatic heterocycles. The van der Waals surface area contributed by atoms with Gasteiger partial charge in [0.1, 0.15) is 45.6 Å². The van der Waals surface area contributed by atoms with Crippen molar-refractivity contribution in [2.45, 2.75) is 0 Å². The molecule has 6 rings (SSSR count). The second-order valence-corrected chi connectivity index (χ2v) is 8.45. The van der Waals surface area contributed by atoms with E-state index in [0.717, 1.165) is 19.2 Å². The third-order valence-corrected chi connectivity index (χ3v) is 6.45. The Kier molecular flexibility index (Phi) is 5.34. The third-order valence-electron chi connectivity index (χ3n) is 5.74. The zero-order valence-corrected chi connectivity index (χ0v) is 19.6. The van der Waals surface area contributed by atoms with Crippen molar-refractivity contribution in [1.82, 2.24) is 8.75 Å². The zero-order chi connectivity index (χ0) is 25.0. The Labute approximate surface area is 212 Å². The Morgan fingerprint density at radius 3 is 2.36 bits per heavy atom. The van der Waals surface area contributed by atoms with E-state index in [-0.39, 0.29) is 55.6 Å². The molecule has 0 saturated heterocycles. The molecule has 2 heterocycles. The number of hydrogen-bond acceptors (Lipinski definition) is 10. The minimum atomic E-state index is -1.20. The van der Waals surface area contributed by atoms with E-state index >= 15 is 8.78 Å². The van der Waals surface area contributed by atoms with E-state index in [1.54, 1.807) is 36.4 Å². The molecule has 0 saturated carbocycles. The number of nitrogens with zero attached hydrogens (tertiary/aromatic N) is 3. The van der Waals surface area contributed by atoms with Crippen LogP contribution in [0.25, 0.3) is 21.8 Å². The van der Waals surface area contributed by atoms with Gasteiger partial charge in [0, 0.05) is 17.9 Å². The first-order valence-corrected chi connectivity index (χ1v) is 11.5. The van der Waals surface area contributed by atoms with Crippen LogP contribution in [0.2, 0.25) is 0 Å². The Hall–Kier alpha value is -4.03. The Morgan fingerprint density at radius 1 is 1.00 bits per heavy atom. The van der Waals surface area contributed by atoms with Crippen LogP contribution in [0, 0.1) is 11.6 Å². The van der Waals surface area contributed by atoms with Gasteiger partial charge in [0.2, 0.25) is 0 Å². The molecule has 0 bridgehead atoms. The van der Waals surface area contributed by atoms with Crippen LogP contribution >= 0.6 is 11.7 Å². The Morgan fingerprint density at radius 2 is 1.67 bits per heavy atom. The predicted molar refractivity (Wildman–Crippen MR) is 136 cm³/mol. The monoisotopic (exact) mass is 519 g/mol. The minimum absolute atomic E-state index is 0.0594. The summed E-state index contributed by atoms with van der Waals surface area (Å²) in [5.41, 5.74) is 5.55. The van der Waals surface area contributed by atoms with Crippen LogP contribution in [-0.4, -0.2) is 28.5 Å². The van der Waals surface area contributed by atoms with Gasteiger partial charge in [0.05, 0.1) is 33.7 Å². The maximum atomic E-state index is 16.2. The summed E-state index contributed by atoms with van der Waals surface area (Å²) in [6, 6.07) is 13.0. The smallest absolute Gasteiger partial charge is 0.555 e. The lowest BCUT2D eigenvalue weighted by Gasteiger charge is -2.16. The summed E-state index contributed by atoms with van der Waals surface area (Å²) in [7, 11) is -0.198. The lowest BCUT2D eigenvalue weighted by atomic mass is 9.75. The second kappa shape index (κ2) is 8.57. The van der Waals surface area contributed by atoms with Crippen LogP contribution in [-0.2, 0) is 12.4 Å². The summed E-state index contributed by atoms with van der Waals surface area (Å²) in [5.74, 6) is -1.08. The molecule has 0 fully saturated rings. The van der Waals surface area contributed by atoms with Gasteiger partial charge in [0.25, 0.3) is 0 Å². The molecule has 0 aliphatic carbocycles. The first kappa shape index (κ1) is 22.4. The molecule has 175 valence electrons. The van der Waals surface area contributed by atoms with Crippen molar-refractivity contribution in [3.8, 4) is 23.0 Å². The maximum Gasteiger partial charge on any atom is 0.638 e. The molecule has 0 atom stereocenters. The normalized spacial score (nSPS) is 12.3. The molecular formula is C22H11B2F2N4O4S2. The highest BCUT2D eigenvalue weighted by Crippen LogP contribution is 2.39. The summed E-state index contributed by atoms with van der Waals surface area (Å²) in [6.45, 7) is 0. The van der Waals surface area contributed by atoms with Gasteiger partial charge in [0.15, 0.2) is 5.75 Å². The summed E-state index contributed by atoms with van der Waals surface area (Å²) in [5, 5.41) is 9.45. The molecule has 0 amide bonds. The van der Waals surface area contributed by atoms with Gasteiger partial charge < -0.3 is 24.8 Å². The molecule has 1 aliphatic heterocycles. The number of benzene rings is 4. The van der Waals surface area contributed by atoms with Gasteiger partial charge in [-0.15, -0.1) is 0 Å². The van der Waals surface area contributed by atoms with Crippen molar-refractivity contribution in [3.63, 3.8) is 0 Å². The number of phenolic OH excluding ortho intramolecular Hbond substituents is 1. The van der Waals surface area contributed by atoms with E-state index in [1.807, 2.05) is 0 Å². The van der Waals surface area contributed by atoms with Crippen LogP contribution in [0.1, 0.15) is 0 Å². The number of phenols is 1. The molecule has 5 aromatic rings. The third kappa shape index (κ3) is 3.33. The fraction of sp³-hybridized carbons (Fsp3) is 0. The lowest BCUT2D eigenvalue weighted by molar-refractivity contribution is 0.444. The SMILES string of the molecule is Nc1c([B]Oc2ccccc2O)c(F)c2c(c(F)c(B3Oc4ccccc4O3)c3nsnc32)c1N=S. The molecule has 1 radical (unpaired) electrons. The number of anilines is 1. The first-order valence-electron chi connectivity index (χ1n) is 10.4. The summed E-state index contributed by atoms with van der Waals surface area (Å²) < 4.78 is 61.3. The largest absolute Gasteiger partial charge is 0.638 e. The molecule has 1 aliphatic rings. The fourth-order valence-electron chi connectivity index (χ4n) is 4.07. The number of aromatic hydroxyl groups is 1. The van der Waals surface area contributed by atoms with Gasteiger partial charge in [-0.3, -0.25) is 0 Å². The Bertz CT molecular complexity index is 1680. The van der Waals surface area contributed by atoms with Gasteiger partial charge in [-0.05, 0) is 24.3 Å². The Balaban J connectivity index is 1.55. The van der Waals surface area contributed by atoms with E-state index < -0.39 is 18.8 Å². The minimum Gasteiger partial charge on any atom is -0.555 e. The number of para-hydroxylation sites is 4. The van der Waals surface area contributed by atoms with Crippen molar-refractivity contribution in [2.24, 2.45) is 4.36 Å². The highest BCUT2D eigenvalue weighted by molar-refractivity contribution is 7.47. The fourth-order valence-corrected chi connectivity index (χ4v) is 4.83. The van der Waals surface area contributed by atoms with E-state index in [1.165, 1.54) is 12.1 Å². The van der Waals surface area contributed by atoms with E-state index in [2.05, 4.69) is 13.1 Å². The van der Waals surface area contributed by atoms with Gasteiger partial charge in [-0.2, -0.15) is 13.1 Å². The number of halogens is 2. The molecule has 36 heavy (non-hydrogen) atoms. The van der Waals surface area contributed by atoms with E-state index in [9.17, 15) is 5.11 Å². The zero-order valence-electron chi connectivity index (χ0n) is 17.9. The molecule has 0 spiro atoms. The first-order chi connectivity index (χ1) is 17.5. The highest BCUT2D eigenvalue weighted by atomic mass is 32.1. The van der Waals surface area contributed by atoms with Crippen LogP contribution < -0.4 is 30.6 Å². The van der Waals surface area contributed by atoms with Gasteiger partial charge in [-0.1, -0.05) is 24.3 Å². The number of rotatable bonds is 5. The lowest BCUT2D eigenvalue weighted by Crippen LogP contribution is -2.42. The molecule has 3 N–H and O–H groups in total. The van der Waals surface area contributed by atoms with Crippen molar-refractivity contribution in [3.05, 3.63) is 60.2 Å². The average molecular weight is 519 g/mol. The molecular weight excluding hydrogens is 508 g/mol. The number of nitrogens with two attached hydrogens (primary N) is 1. The van der Waals surface area contributed by atoms with Crippen molar-refractivity contribution in [1.29, 1.82) is 0 Å². The molecule has 8 nitrogen and oxygen atoms in total.